The zero-order valence-electron chi connectivity index (χ0n) is 11.8. The summed E-state index contributed by atoms with van der Waals surface area (Å²) in [5.74, 6) is 0.0228. The van der Waals surface area contributed by atoms with Gasteiger partial charge in [-0.1, -0.05) is 23.4 Å². The van der Waals surface area contributed by atoms with Crippen molar-refractivity contribution in [2.24, 2.45) is 10.9 Å². The molecule has 0 saturated carbocycles. The number of para-hydroxylation sites is 1. The van der Waals surface area contributed by atoms with Gasteiger partial charge in [0.25, 0.3) is 0 Å². The van der Waals surface area contributed by atoms with E-state index < -0.39 is 0 Å². The average molecular weight is 281 g/mol. The van der Waals surface area contributed by atoms with Crippen molar-refractivity contribution in [2.45, 2.75) is 13.8 Å². The van der Waals surface area contributed by atoms with Gasteiger partial charge in [-0.05, 0) is 26.0 Å². The standard InChI is InChI=1S/C15H15N5O/c1-9-7-13(14(10(2)18-9)15(16)19-21)20-12-6-4-3-5-11(12)8-17-20/h3-8,21H,1-2H3,(H2,16,19). The first-order valence-electron chi connectivity index (χ1n) is 6.51. The van der Waals surface area contributed by atoms with Crippen molar-refractivity contribution < 1.29 is 5.21 Å². The first kappa shape index (κ1) is 13.1. The van der Waals surface area contributed by atoms with E-state index in [-0.39, 0.29) is 5.84 Å². The first-order valence-corrected chi connectivity index (χ1v) is 6.51. The highest BCUT2D eigenvalue weighted by Gasteiger charge is 2.16. The molecule has 0 atom stereocenters. The Bertz CT molecular complexity index is 850. The fraction of sp³-hybridized carbons (Fsp3) is 0.133. The van der Waals surface area contributed by atoms with Crippen LogP contribution in [0.3, 0.4) is 0 Å². The molecule has 6 nitrogen and oxygen atoms in total. The SMILES string of the molecule is Cc1cc(-n2ncc3ccccc32)c(/C(N)=N/O)c(C)n1. The Hall–Kier alpha value is -2.89. The number of nitrogens with zero attached hydrogens (tertiary/aromatic N) is 4. The van der Waals surface area contributed by atoms with E-state index in [0.717, 1.165) is 22.3 Å². The van der Waals surface area contributed by atoms with Crippen molar-refractivity contribution >= 4 is 16.7 Å². The molecule has 0 aliphatic carbocycles. The van der Waals surface area contributed by atoms with Crippen molar-refractivity contribution in [1.82, 2.24) is 14.8 Å². The summed E-state index contributed by atoms with van der Waals surface area (Å²) in [6.07, 6.45) is 1.79. The minimum atomic E-state index is 0.0228. The summed E-state index contributed by atoms with van der Waals surface area (Å²) in [5.41, 5.74) is 9.63. The zero-order chi connectivity index (χ0) is 15.0. The summed E-state index contributed by atoms with van der Waals surface area (Å²) >= 11 is 0. The van der Waals surface area contributed by atoms with Gasteiger partial charge < -0.3 is 10.9 Å². The van der Waals surface area contributed by atoms with Crippen LogP contribution in [0.2, 0.25) is 0 Å². The van der Waals surface area contributed by atoms with Gasteiger partial charge in [0.05, 0.1) is 28.7 Å². The smallest absolute Gasteiger partial charge is 0.174 e. The molecule has 3 aromatic rings. The summed E-state index contributed by atoms with van der Waals surface area (Å²) < 4.78 is 1.78. The number of nitrogens with two attached hydrogens (primary N) is 1. The molecule has 0 bridgehead atoms. The molecule has 3 rings (SSSR count). The monoisotopic (exact) mass is 281 g/mol. The molecule has 0 saturated heterocycles. The molecular weight excluding hydrogens is 266 g/mol. The molecule has 2 aromatic heterocycles. The van der Waals surface area contributed by atoms with E-state index in [1.54, 1.807) is 10.9 Å². The molecule has 3 N–H and O–H groups in total. The van der Waals surface area contributed by atoms with E-state index in [1.165, 1.54) is 0 Å². The van der Waals surface area contributed by atoms with Crippen LogP contribution in [0.1, 0.15) is 17.0 Å². The topological polar surface area (TPSA) is 89.3 Å². The lowest BCUT2D eigenvalue weighted by atomic mass is 10.1. The Balaban J connectivity index is 2.36. The number of oxime groups is 1. The van der Waals surface area contributed by atoms with Gasteiger partial charge in [0.1, 0.15) is 0 Å². The number of pyridine rings is 1. The third-order valence-electron chi connectivity index (χ3n) is 3.38. The first-order chi connectivity index (χ1) is 10.1. The number of aromatic nitrogens is 3. The largest absolute Gasteiger partial charge is 0.409 e. The van der Waals surface area contributed by atoms with Gasteiger partial charge in [-0.15, -0.1) is 0 Å². The van der Waals surface area contributed by atoms with Crippen LogP contribution in [0.5, 0.6) is 0 Å². The molecule has 0 fully saturated rings. The van der Waals surface area contributed by atoms with E-state index >= 15 is 0 Å². The second-order valence-electron chi connectivity index (χ2n) is 4.84. The lowest BCUT2D eigenvalue weighted by molar-refractivity contribution is 0.318. The number of aryl methyl sites for hydroxylation is 2. The van der Waals surface area contributed by atoms with Gasteiger partial charge in [-0.2, -0.15) is 5.10 Å². The molecule has 2 heterocycles. The molecule has 21 heavy (non-hydrogen) atoms. The maximum atomic E-state index is 9.02. The minimum absolute atomic E-state index is 0.0228. The molecule has 1 aromatic carbocycles. The van der Waals surface area contributed by atoms with Crippen molar-refractivity contribution in [3.05, 3.63) is 53.5 Å². The molecule has 0 amide bonds. The predicted octanol–water partition coefficient (Wildman–Crippen LogP) is 2.13. The fourth-order valence-corrected chi connectivity index (χ4v) is 2.51. The van der Waals surface area contributed by atoms with E-state index in [0.29, 0.717) is 11.3 Å². The van der Waals surface area contributed by atoms with Gasteiger partial charge in [-0.3, -0.25) is 4.98 Å². The summed E-state index contributed by atoms with van der Waals surface area (Å²) in [6.45, 7) is 3.73. The maximum Gasteiger partial charge on any atom is 0.174 e. The molecule has 0 aliphatic heterocycles. The van der Waals surface area contributed by atoms with Crippen LogP contribution in [0, 0.1) is 13.8 Å². The number of benzene rings is 1. The van der Waals surface area contributed by atoms with Crippen molar-refractivity contribution in [3.63, 3.8) is 0 Å². The average Bonchev–Trinajstić information content (AvgIpc) is 2.89. The highest BCUT2D eigenvalue weighted by Crippen LogP contribution is 2.23. The predicted molar refractivity (Wildman–Crippen MR) is 80.8 cm³/mol. The van der Waals surface area contributed by atoms with Gasteiger partial charge in [0.2, 0.25) is 0 Å². The van der Waals surface area contributed by atoms with Crippen molar-refractivity contribution in [1.29, 1.82) is 0 Å². The van der Waals surface area contributed by atoms with Gasteiger partial charge in [-0.25, -0.2) is 4.68 Å². The number of hydrogen-bond acceptors (Lipinski definition) is 4. The van der Waals surface area contributed by atoms with Crippen LogP contribution in [0.4, 0.5) is 0 Å². The quantitative estimate of drug-likeness (QED) is 0.326. The normalized spacial score (nSPS) is 12.0. The highest BCUT2D eigenvalue weighted by atomic mass is 16.4. The third kappa shape index (κ3) is 2.10. The van der Waals surface area contributed by atoms with Gasteiger partial charge in [0.15, 0.2) is 5.84 Å². The van der Waals surface area contributed by atoms with Crippen molar-refractivity contribution in [2.75, 3.05) is 0 Å². The van der Waals surface area contributed by atoms with Gasteiger partial charge >= 0.3 is 0 Å². The summed E-state index contributed by atoms with van der Waals surface area (Å²) in [5, 5.41) is 17.6. The number of fused-ring (bicyclic) bond motifs is 1. The molecule has 6 heteroatoms. The summed E-state index contributed by atoms with van der Waals surface area (Å²) in [6, 6.07) is 9.75. The van der Waals surface area contributed by atoms with Crippen LogP contribution < -0.4 is 5.73 Å². The van der Waals surface area contributed by atoms with E-state index in [2.05, 4.69) is 15.2 Å². The summed E-state index contributed by atoms with van der Waals surface area (Å²) in [7, 11) is 0. The minimum Gasteiger partial charge on any atom is -0.409 e. The number of rotatable bonds is 2. The number of hydrogen-bond donors (Lipinski definition) is 2. The summed E-state index contributed by atoms with van der Waals surface area (Å²) in [4.78, 5) is 4.38. The Kier molecular flexibility index (Phi) is 3.06. The molecule has 106 valence electrons. The van der Waals surface area contributed by atoms with E-state index in [4.69, 9.17) is 10.9 Å². The van der Waals surface area contributed by atoms with Gasteiger partial charge in [0, 0.05) is 11.1 Å². The van der Waals surface area contributed by atoms with Crippen molar-refractivity contribution in [3.8, 4) is 5.69 Å². The third-order valence-corrected chi connectivity index (χ3v) is 3.38. The molecule has 0 unspecified atom stereocenters. The Morgan fingerprint density at radius 2 is 2.05 bits per heavy atom. The zero-order valence-corrected chi connectivity index (χ0v) is 11.8. The van der Waals surface area contributed by atoms with Crippen LogP contribution in [0.15, 0.2) is 41.7 Å². The fourth-order valence-electron chi connectivity index (χ4n) is 2.51. The molecule has 0 spiro atoms. The molecular formula is C15H15N5O. The Morgan fingerprint density at radius 1 is 1.29 bits per heavy atom. The number of amidine groups is 1. The van der Waals surface area contributed by atoms with Crippen LogP contribution >= 0.6 is 0 Å². The van der Waals surface area contributed by atoms with Crippen LogP contribution in [0.25, 0.3) is 16.6 Å². The highest BCUT2D eigenvalue weighted by molar-refractivity contribution is 6.01. The van der Waals surface area contributed by atoms with Crippen LogP contribution in [-0.2, 0) is 0 Å². The Morgan fingerprint density at radius 3 is 2.81 bits per heavy atom. The molecule has 0 aliphatic rings. The maximum absolute atomic E-state index is 9.02. The van der Waals surface area contributed by atoms with E-state index in [1.807, 2.05) is 44.2 Å². The second-order valence-corrected chi connectivity index (χ2v) is 4.84. The van der Waals surface area contributed by atoms with E-state index in [9.17, 15) is 0 Å². The Labute approximate surface area is 121 Å². The second kappa shape index (κ2) is 4.90. The molecule has 0 radical (unpaired) electrons. The lowest BCUT2D eigenvalue weighted by Crippen LogP contribution is -2.19. The lowest BCUT2D eigenvalue weighted by Gasteiger charge is -2.13. The van der Waals surface area contributed by atoms with Crippen LogP contribution in [-0.4, -0.2) is 25.8 Å².